The van der Waals surface area contributed by atoms with Crippen molar-refractivity contribution in [3.05, 3.63) is 29.3 Å². The number of nitrogens with zero attached hydrogens (tertiary/aromatic N) is 1. The van der Waals surface area contributed by atoms with Gasteiger partial charge in [-0.15, -0.1) is 0 Å². The number of ether oxygens (including phenoxy) is 3. The van der Waals surface area contributed by atoms with Crippen LogP contribution < -0.4 is 10.5 Å². The first kappa shape index (κ1) is 12.9. The Labute approximate surface area is 107 Å². The molecule has 0 spiro atoms. The molecule has 2 N–H and O–H groups in total. The van der Waals surface area contributed by atoms with Gasteiger partial charge in [-0.3, -0.25) is 0 Å². The number of methoxy groups -OCH3 is 1. The summed E-state index contributed by atoms with van der Waals surface area (Å²) in [6, 6.07) is 5.61. The highest BCUT2D eigenvalue weighted by molar-refractivity contribution is 6.04. The van der Waals surface area contributed by atoms with Crippen LogP contribution in [0.4, 0.5) is 0 Å². The summed E-state index contributed by atoms with van der Waals surface area (Å²) in [5, 5.41) is 0. The predicted molar refractivity (Wildman–Crippen MR) is 68.6 cm³/mol. The molecule has 0 saturated heterocycles. The lowest BCUT2D eigenvalue weighted by Crippen LogP contribution is -2.29. The molecule has 1 aliphatic heterocycles. The molecule has 0 saturated carbocycles. The number of benzene rings is 1. The van der Waals surface area contributed by atoms with Gasteiger partial charge in [-0.2, -0.15) is 0 Å². The third-order valence-corrected chi connectivity index (χ3v) is 2.79. The van der Waals surface area contributed by atoms with Gasteiger partial charge in [-0.1, -0.05) is 12.1 Å². The Morgan fingerprint density at radius 2 is 1.89 bits per heavy atom. The van der Waals surface area contributed by atoms with E-state index in [1.54, 1.807) is 7.11 Å². The summed E-state index contributed by atoms with van der Waals surface area (Å²) in [4.78, 5) is 4.35. The van der Waals surface area contributed by atoms with Crippen LogP contribution in [0, 0.1) is 0 Å². The second-order valence-electron chi connectivity index (χ2n) is 3.83. The Balaban J connectivity index is 2.56. The zero-order valence-corrected chi connectivity index (χ0v) is 10.9. The molecule has 0 atom stereocenters. The Morgan fingerprint density at radius 1 is 1.22 bits per heavy atom. The van der Waals surface area contributed by atoms with Crippen molar-refractivity contribution in [1.29, 1.82) is 0 Å². The van der Waals surface area contributed by atoms with Crippen LogP contribution >= 0.6 is 0 Å². The van der Waals surface area contributed by atoms with E-state index < -0.39 is 5.91 Å². The second-order valence-corrected chi connectivity index (χ2v) is 3.83. The number of fused-ring (bicyclic) bond motifs is 1. The summed E-state index contributed by atoms with van der Waals surface area (Å²) in [5.74, 6) is -0.0725. The van der Waals surface area contributed by atoms with E-state index in [4.69, 9.17) is 19.9 Å². The monoisotopic (exact) mass is 250 g/mol. The summed E-state index contributed by atoms with van der Waals surface area (Å²) >= 11 is 0. The molecule has 18 heavy (non-hydrogen) atoms. The molecule has 5 nitrogen and oxygen atoms in total. The van der Waals surface area contributed by atoms with Gasteiger partial charge in [0.05, 0.1) is 18.2 Å². The molecular formula is C13H18N2O3. The first-order chi connectivity index (χ1) is 8.68. The van der Waals surface area contributed by atoms with E-state index in [1.165, 1.54) is 0 Å². The molecule has 0 amide bonds. The topological polar surface area (TPSA) is 66.1 Å². The fourth-order valence-corrected chi connectivity index (χ4v) is 2.16. The van der Waals surface area contributed by atoms with Gasteiger partial charge in [0, 0.05) is 13.2 Å². The van der Waals surface area contributed by atoms with Crippen molar-refractivity contribution in [3.63, 3.8) is 0 Å². The fraction of sp³-hybridized carbons (Fsp3) is 0.462. The molecule has 0 fully saturated rings. The molecule has 1 heterocycles. The molecule has 1 aliphatic rings. The van der Waals surface area contributed by atoms with Crippen LogP contribution in [-0.4, -0.2) is 26.2 Å². The number of aliphatic imine (C=N–C) groups is 1. The van der Waals surface area contributed by atoms with E-state index in [0.717, 1.165) is 11.1 Å². The lowest BCUT2D eigenvalue weighted by Gasteiger charge is -2.26. The van der Waals surface area contributed by atoms with E-state index in [1.807, 2.05) is 32.0 Å². The number of rotatable bonds is 5. The summed E-state index contributed by atoms with van der Waals surface area (Å²) < 4.78 is 16.7. The van der Waals surface area contributed by atoms with Crippen molar-refractivity contribution in [2.24, 2.45) is 10.7 Å². The summed E-state index contributed by atoms with van der Waals surface area (Å²) in [7, 11) is 1.60. The largest absolute Gasteiger partial charge is 0.496 e. The van der Waals surface area contributed by atoms with Crippen LogP contribution in [0.3, 0.4) is 0 Å². The van der Waals surface area contributed by atoms with Crippen molar-refractivity contribution in [3.8, 4) is 5.75 Å². The van der Waals surface area contributed by atoms with Crippen LogP contribution in [0.15, 0.2) is 23.2 Å². The zero-order chi connectivity index (χ0) is 13.2. The van der Waals surface area contributed by atoms with Crippen LogP contribution in [0.1, 0.15) is 25.0 Å². The normalized spacial score (nSPS) is 16.3. The summed E-state index contributed by atoms with van der Waals surface area (Å²) in [5.41, 5.74) is 7.52. The minimum atomic E-state index is -1.13. The molecular weight excluding hydrogens is 232 g/mol. The maximum Gasteiger partial charge on any atom is 0.300 e. The average Bonchev–Trinajstić information content (AvgIpc) is 2.64. The van der Waals surface area contributed by atoms with Crippen LogP contribution in [0.5, 0.6) is 5.75 Å². The molecule has 2 rings (SSSR count). The molecule has 0 aromatic heterocycles. The van der Waals surface area contributed by atoms with Gasteiger partial charge in [-0.05, 0) is 19.9 Å². The minimum absolute atomic E-state index is 0.379. The van der Waals surface area contributed by atoms with Crippen LogP contribution in [0.25, 0.3) is 0 Å². The van der Waals surface area contributed by atoms with Gasteiger partial charge < -0.3 is 19.9 Å². The highest BCUT2D eigenvalue weighted by Gasteiger charge is 2.43. The smallest absolute Gasteiger partial charge is 0.300 e. The second kappa shape index (κ2) is 4.96. The van der Waals surface area contributed by atoms with Crippen molar-refractivity contribution in [2.45, 2.75) is 19.8 Å². The number of hydrogen-bond acceptors (Lipinski definition) is 5. The first-order valence-corrected chi connectivity index (χ1v) is 5.99. The van der Waals surface area contributed by atoms with Crippen LogP contribution in [-0.2, 0) is 15.4 Å². The van der Waals surface area contributed by atoms with E-state index in [9.17, 15) is 0 Å². The van der Waals surface area contributed by atoms with E-state index in [-0.39, 0.29) is 0 Å². The first-order valence-electron chi connectivity index (χ1n) is 5.99. The average molecular weight is 250 g/mol. The lowest BCUT2D eigenvalue weighted by molar-refractivity contribution is -0.234. The quantitative estimate of drug-likeness (QED) is 0.806. The van der Waals surface area contributed by atoms with E-state index in [0.29, 0.717) is 24.8 Å². The third kappa shape index (κ3) is 1.85. The van der Waals surface area contributed by atoms with Crippen molar-refractivity contribution < 1.29 is 14.2 Å². The van der Waals surface area contributed by atoms with E-state index >= 15 is 0 Å². The zero-order valence-electron chi connectivity index (χ0n) is 10.9. The van der Waals surface area contributed by atoms with Gasteiger partial charge in [0.25, 0.3) is 0 Å². The van der Waals surface area contributed by atoms with Gasteiger partial charge in [0.2, 0.25) is 0 Å². The summed E-state index contributed by atoms with van der Waals surface area (Å²) in [6.07, 6.45) is 0. The molecule has 0 aliphatic carbocycles. The molecule has 98 valence electrons. The number of hydrogen-bond donors (Lipinski definition) is 1. The van der Waals surface area contributed by atoms with E-state index in [2.05, 4.69) is 4.99 Å². The van der Waals surface area contributed by atoms with Gasteiger partial charge in [-0.25, -0.2) is 4.99 Å². The Hall–Kier alpha value is -1.59. The standard InChI is InChI=1S/C13H18N2O3/c1-4-17-13(18-5-2)9-7-6-8-10(16-3)11(9)12(14)15-13/h6-8H,4-5H2,1-3H3,(H2,14,15). The number of amidine groups is 1. The predicted octanol–water partition coefficient (Wildman–Crippen LogP) is 1.60. The molecule has 5 heteroatoms. The molecule has 0 radical (unpaired) electrons. The van der Waals surface area contributed by atoms with Gasteiger partial charge >= 0.3 is 5.91 Å². The molecule has 0 bridgehead atoms. The molecule has 1 aromatic carbocycles. The third-order valence-electron chi connectivity index (χ3n) is 2.79. The number of nitrogens with two attached hydrogens (primary N) is 1. The Bertz CT molecular complexity index is 465. The Kier molecular flexibility index (Phi) is 3.54. The highest BCUT2D eigenvalue weighted by Crippen LogP contribution is 2.40. The van der Waals surface area contributed by atoms with Crippen LogP contribution in [0.2, 0.25) is 0 Å². The Morgan fingerprint density at radius 3 is 2.44 bits per heavy atom. The lowest BCUT2D eigenvalue weighted by atomic mass is 10.1. The fourth-order valence-electron chi connectivity index (χ4n) is 2.16. The van der Waals surface area contributed by atoms with Gasteiger partial charge in [0.15, 0.2) is 0 Å². The summed E-state index contributed by atoms with van der Waals surface area (Å²) in [6.45, 7) is 4.75. The maximum atomic E-state index is 5.97. The minimum Gasteiger partial charge on any atom is -0.496 e. The van der Waals surface area contributed by atoms with Crippen molar-refractivity contribution >= 4 is 5.84 Å². The van der Waals surface area contributed by atoms with Gasteiger partial charge in [0.1, 0.15) is 11.6 Å². The molecule has 0 unspecified atom stereocenters. The SMILES string of the molecule is CCOC1(OCC)N=C(N)c2c(OC)cccc21. The van der Waals surface area contributed by atoms with Crippen molar-refractivity contribution in [2.75, 3.05) is 20.3 Å². The maximum absolute atomic E-state index is 5.97. The molecule has 1 aromatic rings. The van der Waals surface area contributed by atoms with Crippen molar-refractivity contribution in [1.82, 2.24) is 0 Å². The highest BCUT2D eigenvalue weighted by atomic mass is 16.7.